The highest BCUT2D eigenvalue weighted by Crippen LogP contribution is 2.53. The molecule has 0 aliphatic heterocycles. The second kappa shape index (κ2) is 45.3. The number of hydrogen-bond donors (Lipinski definition) is 1. The normalized spacial score (nSPS) is 12.0. The Morgan fingerprint density at radius 3 is 0.569 bits per heavy atom. The summed E-state index contributed by atoms with van der Waals surface area (Å²) in [5.74, 6) is 0. The Kier molecular flexibility index (Phi) is 46.1. The first-order valence-electron chi connectivity index (χ1n) is 23.7. The molecule has 0 amide bonds. The van der Waals surface area contributed by atoms with Gasteiger partial charge in [-0.15, -0.1) is 0 Å². The summed E-state index contributed by atoms with van der Waals surface area (Å²) in [6, 6.07) is 0. The SMILES string of the molecule is CCCCCCCCCCCCCCCCCCCCCCCOP(=S)(S)OCCCCCCCCCCCCCCCCCCCCCCC. The van der Waals surface area contributed by atoms with Crippen molar-refractivity contribution >= 4 is 29.7 Å². The van der Waals surface area contributed by atoms with Crippen molar-refractivity contribution < 1.29 is 9.05 Å². The smallest absolute Gasteiger partial charge is 0.244 e. The van der Waals surface area contributed by atoms with Crippen LogP contribution in [0, 0.1) is 0 Å². The molecule has 0 unspecified atom stereocenters. The van der Waals surface area contributed by atoms with E-state index in [1.165, 1.54) is 257 Å². The Balaban J connectivity index is 3.24. The molecule has 51 heavy (non-hydrogen) atoms. The molecule has 0 aromatic rings. The minimum Gasteiger partial charge on any atom is -0.322 e. The quantitative estimate of drug-likeness (QED) is 0.0377. The van der Waals surface area contributed by atoms with E-state index in [2.05, 4.69) is 26.1 Å². The largest absolute Gasteiger partial charge is 0.322 e. The van der Waals surface area contributed by atoms with Crippen molar-refractivity contribution in [3.8, 4) is 0 Å². The van der Waals surface area contributed by atoms with Gasteiger partial charge in [0.25, 0.3) is 0 Å². The van der Waals surface area contributed by atoms with E-state index in [9.17, 15) is 0 Å². The molecule has 0 radical (unpaired) electrons. The third-order valence-electron chi connectivity index (χ3n) is 11.0. The van der Waals surface area contributed by atoms with Crippen LogP contribution in [0.1, 0.15) is 284 Å². The van der Waals surface area contributed by atoms with E-state index in [1.807, 2.05) is 0 Å². The summed E-state index contributed by atoms with van der Waals surface area (Å²) in [4.78, 5) is 0. The van der Waals surface area contributed by atoms with E-state index in [0.29, 0.717) is 13.2 Å². The van der Waals surface area contributed by atoms with Crippen molar-refractivity contribution in [2.75, 3.05) is 13.2 Å². The molecule has 0 saturated carbocycles. The predicted molar refractivity (Wildman–Crippen MR) is 240 cm³/mol. The van der Waals surface area contributed by atoms with Crippen LogP contribution in [0.2, 0.25) is 0 Å². The fraction of sp³-hybridized carbons (Fsp3) is 1.00. The highest BCUT2D eigenvalue weighted by atomic mass is 32.9. The number of unbranched alkanes of at least 4 members (excludes halogenated alkanes) is 40. The minimum atomic E-state index is -2.36. The van der Waals surface area contributed by atoms with Gasteiger partial charge in [-0.05, 0) is 24.6 Å². The van der Waals surface area contributed by atoms with Gasteiger partial charge in [-0.2, -0.15) is 0 Å². The zero-order valence-electron chi connectivity index (χ0n) is 35.2. The maximum absolute atomic E-state index is 5.88. The van der Waals surface area contributed by atoms with Gasteiger partial charge >= 0.3 is 0 Å². The van der Waals surface area contributed by atoms with E-state index in [1.54, 1.807) is 0 Å². The first-order chi connectivity index (χ1) is 25.1. The molecule has 0 N–H and O–H groups in total. The van der Waals surface area contributed by atoms with Crippen LogP contribution in [0.3, 0.4) is 0 Å². The molecule has 0 atom stereocenters. The highest BCUT2D eigenvalue weighted by Gasteiger charge is 2.12. The summed E-state index contributed by atoms with van der Waals surface area (Å²) in [6.45, 7) is 6.02. The van der Waals surface area contributed by atoms with E-state index in [0.717, 1.165) is 12.8 Å². The van der Waals surface area contributed by atoms with Crippen molar-refractivity contribution in [3.63, 3.8) is 0 Å². The number of hydrogen-bond acceptors (Lipinski definition) is 3. The Hall–Kier alpha value is 0.920. The minimum absolute atomic E-state index is 0.707. The summed E-state index contributed by atoms with van der Waals surface area (Å²) in [5.41, 5.74) is -2.36. The molecule has 0 saturated heterocycles. The molecular formula is C46H95O2PS2. The fourth-order valence-electron chi connectivity index (χ4n) is 7.47. The standard InChI is InChI=1S/C46H95O2PS2/c1-3-5-7-9-11-13-15-17-19-21-23-25-27-29-31-33-35-37-39-41-43-45-47-49(50,51)48-46-44-42-40-38-36-34-32-30-28-26-24-22-20-18-16-14-12-10-8-6-4-2/h3-46H2,1-2H3,(H,50,51). The summed E-state index contributed by atoms with van der Waals surface area (Å²) in [6.07, 6.45) is 59.2. The highest BCUT2D eigenvalue weighted by molar-refractivity contribution is 8.60. The molecule has 0 spiro atoms. The van der Waals surface area contributed by atoms with Gasteiger partial charge in [-0.1, -0.05) is 283 Å². The van der Waals surface area contributed by atoms with Gasteiger partial charge in [0, 0.05) is 0 Å². The van der Waals surface area contributed by atoms with Crippen molar-refractivity contribution in [1.29, 1.82) is 0 Å². The Bertz CT molecular complexity index is 624. The lowest BCUT2D eigenvalue weighted by Gasteiger charge is -2.16. The Labute approximate surface area is 334 Å². The van der Waals surface area contributed by atoms with Gasteiger partial charge in [0.2, 0.25) is 5.69 Å². The van der Waals surface area contributed by atoms with Crippen LogP contribution >= 0.6 is 17.9 Å². The van der Waals surface area contributed by atoms with Gasteiger partial charge in [-0.25, -0.2) is 0 Å². The van der Waals surface area contributed by atoms with Crippen LogP contribution in [-0.2, 0) is 20.9 Å². The van der Waals surface area contributed by atoms with E-state index in [4.69, 9.17) is 20.9 Å². The van der Waals surface area contributed by atoms with Crippen LogP contribution in [-0.4, -0.2) is 13.2 Å². The summed E-state index contributed by atoms with van der Waals surface area (Å²) >= 11 is 10.1. The molecule has 0 aliphatic rings. The van der Waals surface area contributed by atoms with Crippen molar-refractivity contribution in [3.05, 3.63) is 0 Å². The molecule has 0 fully saturated rings. The second-order valence-corrected chi connectivity index (χ2v) is 21.6. The van der Waals surface area contributed by atoms with Gasteiger partial charge in [0.1, 0.15) is 0 Å². The lowest BCUT2D eigenvalue weighted by atomic mass is 10.0. The second-order valence-electron chi connectivity index (χ2n) is 16.3. The topological polar surface area (TPSA) is 18.5 Å². The average molecular weight is 775 g/mol. The average Bonchev–Trinajstić information content (AvgIpc) is 3.12. The van der Waals surface area contributed by atoms with Gasteiger partial charge < -0.3 is 9.05 Å². The molecule has 0 bridgehead atoms. The number of rotatable bonds is 46. The first-order valence-corrected chi connectivity index (χ1v) is 27.5. The summed E-state index contributed by atoms with van der Waals surface area (Å²) in [5, 5.41) is 0. The lowest BCUT2D eigenvalue weighted by molar-refractivity contribution is 0.250. The maximum Gasteiger partial charge on any atom is 0.244 e. The van der Waals surface area contributed by atoms with Gasteiger partial charge in [0.05, 0.1) is 13.2 Å². The molecule has 308 valence electrons. The van der Waals surface area contributed by atoms with Crippen LogP contribution in [0.4, 0.5) is 0 Å². The molecule has 0 heterocycles. The molecule has 0 aromatic heterocycles. The lowest BCUT2D eigenvalue weighted by Crippen LogP contribution is -1.96. The molecular weight excluding hydrogens is 680 g/mol. The first kappa shape index (κ1) is 51.9. The molecule has 0 aliphatic carbocycles. The molecule has 5 heteroatoms. The van der Waals surface area contributed by atoms with Gasteiger partial charge in [-0.3, -0.25) is 0 Å². The van der Waals surface area contributed by atoms with E-state index in [-0.39, 0.29) is 0 Å². The molecule has 0 rings (SSSR count). The third kappa shape index (κ3) is 47.0. The van der Waals surface area contributed by atoms with Crippen LogP contribution in [0.15, 0.2) is 0 Å². The fourth-order valence-corrected chi connectivity index (χ4v) is 9.20. The third-order valence-corrected chi connectivity index (χ3v) is 13.3. The van der Waals surface area contributed by atoms with Crippen molar-refractivity contribution in [2.24, 2.45) is 0 Å². The van der Waals surface area contributed by atoms with Crippen LogP contribution in [0.5, 0.6) is 0 Å². The summed E-state index contributed by atoms with van der Waals surface area (Å²) in [7, 11) is 0. The van der Waals surface area contributed by atoms with E-state index < -0.39 is 5.69 Å². The van der Waals surface area contributed by atoms with Crippen LogP contribution < -0.4 is 0 Å². The van der Waals surface area contributed by atoms with Crippen molar-refractivity contribution in [1.82, 2.24) is 0 Å². The summed E-state index contributed by atoms with van der Waals surface area (Å²) < 4.78 is 11.8. The van der Waals surface area contributed by atoms with Crippen LogP contribution in [0.25, 0.3) is 0 Å². The van der Waals surface area contributed by atoms with E-state index >= 15 is 0 Å². The maximum atomic E-state index is 5.88. The zero-order chi connectivity index (χ0) is 37.0. The Morgan fingerprint density at radius 1 is 0.275 bits per heavy atom. The van der Waals surface area contributed by atoms with Gasteiger partial charge in [0.15, 0.2) is 0 Å². The number of thiol groups is 1. The predicted octanol–water partition coefficient (Wildman–Crippen LogP) is 18.6. The Morgan fingerprint density at radius 2 is 0.412 bits per heavy atom. The monoisotopic (exact) mass is 775 g/mol. The molecule has 2 nitrogen and oxygen atoms in total. The zero-order valence-corrected chi connectivity index (χ0v) is 37.8. The molecule has 0 aromatic carbocycles. The van der Waals surface area contributed by atoms with Crippen molar-refractivity contribution in [2.45, 2.75) is 284 Å².